The van der Waals surface area contributed by atoms with Gasteiger partial charge in [0.05, 0.1) is 12.3 Å². The molecule has 1 aliphatic heterocycles. The number of nitrogens with zero attached hydrogens (tertiary/aromatic N) is 2. The molecule has 5 nitrogen and oxygen atoms in total. The molecule has 2 aromatic rings. The maximum Gasteiger partial charge on any atom is 0.272 e. The van der Waals surface area contributed by atoms with E-state index in [-0.39, 0.29) is 12.0 Å². The van der Waals surface area contributed by atoms with E-state index in [1.54, 1.807) is 12.1 Å². The first-order valence-corrected chi connectivity index (χ1v) is 7.93. The molecule has 1 aromatic carbocycles. The molecule has 3 rings (SSSR count). The summed E-state index contributed by atoms with van der Waals surface area (Å²) in [6.45, 7) is 0.433. The molecule has 132 valence electrons. The van der Waals surface area contributed by atoms with Crippen molar-refractivity contribution in [1.29, 1.82) is 0 Å². The van der Waals surface area contributed by atoms with Crippen LogP contribution in [-0.2, 0) is 11.3 Å². The number of alkyl halides is 2. The lowest BCUT2D eigenvalue weighted by Crippen LogP contribution is -2.55. The van der Waals surface area contributed by atoms with E-state index >= 15 is 0 Å². The number of hydrogen-bond acceptors (Lipinski definition) is 4. The van der Waals surface area contributed by atoms with Gasteiger partial charge in [-0.05, 0) is 17.7 Å². The van der Waals surface area contributed by atoms with Gasteiger partial charge in [-0.25, -0.2) is 13.8 Å². The minimum atomic E-state index is -2.49. The lowest BCUT2D eigenvalue weighted by molar-refractivity contribution is -0.0776. The molecule has 7 heteroatoms. The third-order valence-electron chi connectivity index (χ3n) is 3.80. The van der Waals surface area contributed by atoms with Gasteiger partial charge in [-0.2, -0.15) is 0 Å². The van der Waals surface area contributed by atoms with E-state index in [2.05, 4.69) is 4.98 Å². The molecule has 0 saturated carbocycles. The van der Waals surface area contributed by atoms with Crippen LogP contribution in [0.5, 0.6) is 5.75 Å². The predicted molar refractivity (Wildman–Crippen MR) is 86.7 cm³/mol. The summed E-state index contributed by atoms with van der Waals surface area (Å²) >= 11 is 0. The van der Waals surface area contributed by atoms with Crippen LogP contribution in [0.2, 0.25) is 0 Å². The summed E-state index contributed by atoms with van der Waals surface area (Å²) in [6.07, 6.45) is -1.32. The first kappa shape index (κ1) is 17.3. The highest BCUT2D eigenvalue weighted by Crippen LogP contribution is 2.18. The second-order valence-electron chi connectivity index (χ2n) is 5.71. The number of benzene rings is 1. The molecular weight excluding hydrogens is 330 g/mol. The van der Waals surface area contributed by atoms with Gasteiger partial charge in [0.1, 0.15) is 24.7 Å². The highest BCUT2D eigenvalue weighted by Gasteiger charge is 2.32. The molecular formula is C18H18F2N2O3. The Morgan fingerprint density at radius 2 is 1.96 bits per heavy atom. The van der Waals surface area contributed by atoms with Crippen molar-refractivity contribution in [3.05, 3.63) is 59.9 Å². The Bertz CT molecular complexity index is 689. The zero-order valence-corrected chi connectivity index (χ0v) is 13.5. The normalized spacial score (nSPS) is 14.4. The summed E-state index contributed by atoms with van der Waals surface area (Å²) in [7, 11) is 0. The van der Waals surface area contributed by atoms with Gasteiger partial charge in [0, 0.05) is 13.1 Å². The fourth-order valence-electron chi connectivity index (χ4n) is 2.41. The van der Waals surface area contributed by atoms with Gasteiger partial charge < -0.3 is 14.4 Å². The number of carbonyl (C=O) groups excluding carboxylic acids is 1. The third-order valence-corrected chi connectivity index (χ3v) is 3.80. The van der Waals surface area contributed by atoms with E-state index in [0.29, 0.717) is 31.1 Å². The molecule has 0 spiro atoms. The molecule has 0 atom stereocenters. The van der Waals surface area contributed by atoms with E-state index in [4.69, 9.17) is 9.47 Å². The van der Waals surface area contributed by atoms with Crippen LogP contribution >= 0.6 is 0 Å². The number of likely N-dealkylation sites (tertiary alicyclic amines) is 1. The lowest BCUT2D eigenvalue weighted by Gasteiger charge is -2.38. The summed E-state index contributed by atoms with van der Waals surface area (Å²) in [5.41, 5.74) is 1.33. The van der Waals surface area contributed by atoms with E-state index in [0.717, 1.165) is 5.56 Å². The number of rotatable bonds is 7. The summed E-state index contributed by atoms with van der Waals surface area (Å²) in [5, 5.41) is 0. The standard InChI is InChI=1S/C18H18F2N2O3/c19-17(20)12-25-15-9-22(10-15)18(23)16-7-6-14(8-21-16)24-11-13-4-2-1-3-5-13/h1-8,15,17H,9-12H2. The first-order chi connectivity index (χ1) is 12.1. The largest absolute Gasteiger partial charge is 0.487 e. The van der Waals surface area contributed by atoms with Crippen molar-refractivity contribution in [3.8, 4) is 5.75 Å². The van der Waals surface area contributed by atoms with Crippen molar-refractivity contribution in [1.82, 2.24) is 9.88 Å². The third kappa shape index (κ3) is 4.73. The van der Waals surface area contributed by atoms with Crippen LogP contribution < -0.4 is 4.74 Å². The molecule has 0 aliphatic carbocycles. The van der Waals surface area contributed by atoms with Crippen molar-refractivity contribution in [2.24, 2.45) is 0 Å². The van der Waals surface area contributed by atoms with Crippen LogP contribution in [0.3, 0.4) is 0 Å². The number of ether oxygens (including phenoxy) is 2. The molecule has 0 radical (unpaired) electrons. The SMILES string of the molecule is O=C(c1ccc(OCc2ccccc2)cn1)N1CC(OCC(F)F)C1. The Kier molecular flexibility index (Phi) is 5.55. The maximum atomic E-state index is 12.2. The van der Waals surface area contributed by atoms with Gasteiger partial charge in [-0.3, -0.25) is 4.79 Å². The molecule has 0 N–H and O–H groups in total. The molecule has 0 unspecified atom stereocenters. The average Bonchev–Trinajstić information content (AvgIpc) is 2.59. The van der Waals surface area contributed by atoms with Gasteiger partial charge in [0.2, 0.25) is 0 Å². The smallest absolute Gasteiger partial charge is 0.272 e. The van der Waals surface area contributed by atoms with Gasteiger partial charge in [0.25, 0.3) is 12.3 Å². The highest BCUT2D eigenvalue weighted by atomic mass is 19.3. The Balaban J connectivity index is 1.47. The Morgan fingerprint density at radius 1 is 1.20 bits per heavy atom. The predicted octanol–water partition coefficient (Wildman–Crippen LogP) is 2.77. The molecule has 1 aliphatic rings. The number of carbonyl (C=O) groups is 1. The van der Waals surface area contributed by atoms with Crippen LogP contribution in [0.4, 0.5) is 8.78 Å². The number of hydrogen-bond donors (Lipinski definition) is 0. The molecule has 1 aromatic heterocycles. The zero-order chi connectivity index (χ0) is 17.6. The highest BCUT2D eigenvalue weighted by molar-refractivity contribution is 5.92. The van der Waals surface area contributed by atoms with Gasteiger partial charge in [0.15, 0.2) is 0 Å². The summed E-state index contributed by atoms with van der Waals surface area (Å²) in [5.74, 6) is 0.327. The minimum absolute atomic E-state index is 0.244. The van der Waals surface area contributed by atoms with Crippen molar-refractivity contribution in [2.75, 3.05) is 19.7 Å². The van der Waals surface area contributed by atoms with E-state index in [1.165, 1.54) is 11.1 Å². The first-order valence-electron chi connectivity index (χ1n) is 7.93. The summed E-state index contributed by atoms with van der Waals surface area (Å²) in [6, 6.07) is 13.0. The van der Waals surface area contributed by atoms with Crippen LogP contribution in [0.15, 0.2) is 48.7 Å². The quantitative estimate of drug-likeness (QED) is 0.772. The molecule has 1 amide bonds. The van der Waals surface area contributed by atoms with Crippen LogP contribution in [0, 0.1) is 0 Å². The average molecular weight is 348 g/mol. The number of pyridine rings is 1. The molecule has 25 heavy (non-hydrogen) atoms. The van der Waals surface area contributed by atoms with Gasteiger partial charge >= 0.3 is 0 Å². The molecule has 2 heterocycles. The topological polar surface area (TPSA) is 51.7 Å². The Hall–Kier alpha value is -2.54. The molecule has 0 bridgehead atoms. The van der Waals surface area contributed by atoms with Crippen LogP contribution in [-0.4, -0.2) is 48.0 Å². The zero-order valence-electron chi connectivity index (χ0n) is 13.5. The van der Waals surface area contributed by atoms with Crippen molar-refractivity contribution in [2.45, 2.75) is 19.1 Å². The Morgan fingerprint density at radius 3 is 2.60 bits per heavy atom. The fraction of sp³-hybridized carbons (Fsp3) is 0.333. The minimum Gasteiger partial charge on any atom is -0.487 e. The second-order valence-corrected chi connectivity index (χ2v) is 5.71. The fourth-order valence-corrected chi connectivity index (χ4v) is 2.41. The van der Waals surface area contributed by atoms with Crippen molar-refractivity contribution >= 4 is 5.91 Å². The molecule has 1 fully saturated rings. The maximum absolute atomic E-state index is 12.2. The van der Waals surface area contributed by atoms with Crippen molar-refractivity contribution < 1.29 is 23.0 Å². The van der Waals surface area contributed by atoms with Crippen LogP contribution in [0.25, 0.3) is 0 Å². The number of aromatic nitrogens is 1. The monoisotopic (exact) mass is 348 g/mol. The van der Waals surface area contributed by atoms with Crippen LogP contribution in [0.1, 0.15) is 16.1 Å². The van der Waals surface area contributed by atoms with Gasteiger partial charge in [-0.15, -0.1) is 0 Å². The lowest BCUT2D eigenvalue weighted by atomic mass is 10.1. The molecule has 1 saturated heterocycles. The number of amides is 1. The summed E-state index contributed by atoms with van der Waals surface area (Å²) in [4.78, 5) is 17.9. The van der Waals surface area contributed by atoms with Crippen molar-refractivity contribution in [3.63, 3.8) is 0 Å². The van der Waals surface area contributed by atoms with Gasteiger partial charge in [-0.1, -0.05) is 30.3 Å². The van der Waals surface area contributed by atoms with E-state index in [1.807, 2.05) is 30.3 Å². The van der Waals surface area contributed by atoms with E-state index in [9.17, 15) is 13.6 Å². The summed E-state index contributed by atoms with van der Waals surface area (Å²) < 4.78 is 34.7. The Labute approximate surface area is 144 Å². The van der Waals surface area contributed by atoms with E-state index < -0.39 is 13.0 Å². The second kappa shape index (κ2) is 8.02. The number of halogens is 2.